The third kappa shape index (κ3) is 3.11. The van der Waals surface area contributed by atoms with Crippen LogP contribution in [0.2, 0.25) is 0 Å². The Hall–Kier alpha value is -1.81. The highest BCUT2D eigenvalue weighted by molar-refractivity contribution is 7.84. The summed E-state index contributed by atoms with van der Waals surface area (Å²) in [5.41, 5.74) is 1.06. The van der Waals surface area contributed by atoms with Crippen LogP contribution in [-0.4, -0.2) is 15.6 Å². The minimum atomic E-state index is -1.23. The van der Waals surface area contributed by atoms with Gasteiger partial charge in [0.1, 0.15) is 18.1 Å². The fraction of sp³-hybridized carbons (Fsp3) is 0.143. The van der Waals surface area contributed by atoms with Crippen molar-refractivity contribution in [2.24, 2.45) is 0 Å². The first kappa shape index (κ1) is 12.6. The van der Waals surface area contributed by atoms with Crippen LogP contribution in [0.4, 0.5) is 0 Å². The molecular weight excluding hydrogens is 248 g/mol. The molecule has 1 N–H and O–H groups in total. The fourth-order valence-corrected chi connectivity index (χ4v) is 2.20. The van der Waals surface area contributed by atoms with Gasteiger partial charge in [0, 0.05) is 12.3 Å². The average Bonchev–Trinajstić information content (AvgIpc) is 2.38. The summed E-state index contributed by atoms with van der Waals surface area (Å²) in [6, 6.07) is 14.5. The molecule has 2 aromatic carbocycles. The third-order valence-corrected chi connectivity index (χ3v) is 3.44. The topological polar surface area (TPSA) is 46.5 Å². The Balaban J connectivity index is 2.11. The van der Waals surface area contributed by atoms with Crippen LogP contribution in [0.1, 0.15) is 5.56 Å². The maximum atomic E-state index is 11.4. The van der Waals surface area contributed by atoms with Crippen LogP contribution in [0.25, 0.3) is 0 Å². The van der Waals surface area contributed by atoms with Gasteiger partial charge in [-0.3, -0.25) is 4.21 Å². The molecule has 0 aliphatic carbocycles. The number of phenolic OH excluding ortho intramolecular Hbond substituents is 1. The van der Waals surface area contributed by atoms with Crippen molar-refractivity contribution in [1.29, 1.82) is 0 Å². The zero-order chi connectivity index (χ0) is 13.0. The Morgan fingerprint density at radius 2 is 1.89 bits per heavy atom. The van der Waals surface area contributed by atoms with E-state index in [1.807, 2.05) is 30.3 Å². The fourth-order valence-electron chi connectivity index (χ4n) is 1.56. The maximum absolute atomic E-state index is 11.4. The molecule has 0 aliphatic heterocycles. The minimum Gasteiger partial charge on any atom is -0.507 e. The molecule has 0 aromatic heterocycles. The summed E-state index contributed by atoms with van der Waals surface area (Å²) in [4.78, 5) is 0.389. The number of rotatable bonds is 4. The number of hydrogen-bond donors (Lipinski definition) is 1. The molecule has 0 bridgehead atoms. The summed E-state index contributed by atoms with van der Waals surface area (Å²) in [5, 5.41) is 9.54. The molecule has 0 fully saturated rings. The van der Waals surface area contributed by atoms with Gasteiger partial charge in [-0.2, -0.15) is 0 Å². The quantitative estimate of drug-likeness (QED) is 0.921. The van der Waals surface area contributed by atoms with Crippen molar-refractivity contribution in [1.82, 2.24) is 0 Å². The number of ether oxygens (including phenoxy) is 1. The Bertz CT molecular complexity index is 552. The summed E-state index contributed by atoms with van der Waals surface area (Å²) in [6.07, 6.45) is 1.52. The largest absolute Gasteiger partial charge is 0.507 e. The van der Waals surface area contributed by atoms with Crippen LogP contribution in [0.3, 0.4) is 0 Å². The van der Waals surface area contributed by atoms with Crippen LogP contribution in [0.5, 0.6) is 11.5 Å². The van der Waals surface area contributed by atoms with E-state index < -0.39 is 10.8 Å². The third-order valence-electron chi connectivity index (χ3n) is 2.49. The molecule has 2 aromatic rings. The van der Waals surface area contributed by atoms with Gasteiger partial charge in [-0.1, -0.05) is 30.3 Å². The number of hydrogen-bond acceptors (Lipinski definition) is 3. The summed E-state index contributed by atoms with van der Waals surface area (Å²) < 4.78 is 17.0. The molecule has 0 spiro atoms. The Labute approximate surface area is 109 Å². The van der Waals surface area contributed by atoms with Crippen LogP contribution >= 0.6 is 0 Å². The molecule has 0 radical (unpaired) electrons. The van der Waals surface area contributed by atoms with E-state index in [1.54, 1.807) is 12.1 Å². The predicted molar refractivity (Wildman–Crippen MR) is 71.2 cm³/mol. The normalized spacial score (nSPS) is 12.1. The van der Waals surface area contributed by atoms with Gasteiger partial charge in [0.2, 0.25) is 0 Å². The summed E-state index contributed by atoms with van der Waals surface area (Å²) in [5.74, 6) is 0.629. The van der Waals surface area contributed by atoms with Crippen LogP contribution in [0, 0.1) is 0 Å². The summed E-state index contributed by atoms with van der Waals surface area (Å²) >= 11 is 0. The van der Waals surface area contributed by atoms with Gasteiger partial charge in [0.25, 0.3) is 0 Å². The van der Waals surface area contributed by atoms with Crippen molar-refractivity contribution < 1.29 is 14.1 Å². The lowest BCUT2D eigenvalue weighted by Gasteiger charge is -2.08. The van der Waals surface area contributed by atoms with E-state index in [0.717, 1.165) is 5.56 Å². The molecule has 0 amide bonds. The smallest absolute Gasteiger partial charge is 0.131 e. The van der Waals surface area contributed by atoms with Gasteiger partial charge in [-0.25, -0.2) is 0 Å². The second-order valence-electron chi connectivity index (χ2n) is 3.86. The Morgan fingerprint density at radius 3 is 2.56 bits per heavy atom. The summed E-state index contributed by atoms with van der Waals surface area (Å²) in [7, 11) is -1.23. The van der Waals surface area contributed by atoms with Gasteiger partial charge < -0.3 is 9.84 Å². The second-order valence-corrected chi connectivity index (χ2v) is 5.21. The summed E-state index contributed by atoms with van der Waals surface area (Å²) in [6.45, 7) is 0.446. The molecule has 4 heteroatoms. The SMILES string of the molecule is CS(=O)c1cc(OCc2ccccc2)ccc1O. The first-order valence-corrected chi connectivity index (χ1v) is 7.06. The zero-order valence-corrected chi connectivity index (χ0v) is 10.8. The van der Waals surface area contributed by atoms with Crippen molar-refractivity contribution >= 4 is 10.8 Å². The molecule has 0 saturated carbocycles. The molecule has 3 nitrogen and oxygen atoms in total. The highest BCUT2D eigenvalue weighted by Gasteiger charge is 2.07. The van der Waals surface area contributed by atoms with E-state index in [-0.39, 0.29) is 5.75 Å². The number of phenols is 1. The van der Waals surface area contributed by atoms with E-state index in [2.05, 4.69) is 0 Å². The minimum absolute atomic E-state index is 0.0305. The molecule has 94 valence electrons. The highest BCUT2D eigenvalue weighted by atomic mass is 32.2. The standard InChI is InChI=1S/C14H14O3S/c1-18(16)14-9-12(7-8-13(14)15)17-10-11-5-3-2-4-6-11/h2-9,15H,10H2,1H3. The first-order chi connectivity index (χ1) is 8.66. The van der Waals surface area contributed by atoms with Gasteiger partial charge in [-0.15, -0.1) is 0 Å². The lowest BCUT2D eigenvalue weighted by molar-refractivity contribution is 0.304. The van der Waals surface area contributed by atoms with Crippen LogP contribution < -0.4 is 4.74 Å². The van der Waals surface area contributed by atoms with Crippen LogP contribution in [-0.2, 0) is 17.4 Å². The lowest BCUT2D eigenvalue weighted by Crippen LogP contribution is -1.96. The van der Waals surface area contributed by atoms with E-state index in [4.69, 9.17) is 4.74 Å². The van der Waals surface area contributed by atoms with Gasteiger partial charge in [0.15, 0.2) is 0 Å². The monoisotopic (exact) mass is 262 g/mol. The van der Waals surface area contributed by atoms with Crippen molar-refractivity contribution in [3.05, 3.63) is 54.1 Å². The van der Waals surface area contributed by atoms with E-state index in [9.17, 15) is 9.32 Å². The molecule has 1 atom stereocenters. The molecule has 0 saturated heterocycles. The predicted octanol–water partition coefficient (Wildman–Crippen LogP) is 2.71. The molecule has 1 unspecified atom stereocenters. The zero-order valence-electron chi connectivity index (χ0n) is 10.00. The average molecular weight is 262 g/mol. The van der Waals surface area contributed by atoms with E-state index in [1.165, 1.54) is 12.3 Å². The van der Waals surface area contributed by atoms with Crippen molar-refractivity contribution in [3.8, 4) is 11.5 Å². The van der Waals surface area contributed by atoms with Gasteiger partial charge >= 0.3 is 0 Å². The lowest BCUT2D eigenvalue weighted by atomic mass is 10.2. The maximum Gasteiger partial charge on any atom is 0.131 e. The van der Waals surface area contributed by atoms with Gasteiger partial charge in [0.05, 0.1) is 15.7 Å². The van der Waals surface area contributed by atoms with E-state index >= 15 is 0 Å². The molecule has 18 heavy (non-hydrogen) atoms. The van der Waals surface area contributed by atoms with Crippen molar-refractivity contribution in [2.75, 3.05) is 6.26 Å². The molecular formula is C14H14O3S. The van der Waals surface area contributed by atoms with Gasteiger partial charge in [-0.05, 0) is 17.7 Å². The molecule has 0 aliphatic rings. The van der Waals surface area contributed by atoms with Crippen molar-refractivity contribution in [2.45, 2.75) is 11.5 Å². The Morgan fingerprint density at radius 1 is 1.17 bits per heavy atom. The number of benzene rings is 2. The Kier molecular flexibility index (Phi) is 3.99. The second kappa shape index (κ2) is 5.69. The number of aromatic hydroxyl groups is 1. The molecule has 0 heterocycles. The highest BCUT2D eigenvalue weighted by Crippen LogP contribution is 2.25. The molecule has 2 rings (SSSR count). The van der Waals surface area contributed by atoms with Crippen LogP contribution in [0.15, 0.2) is 53.4 Å². The van der Waals surface area contributed by atoms with E-state index in [0.29, 0.717) is 17.3 Å². The van der Waals surface area contributed by atoms with Crippen molar-refractivity contribution in [3.63, 3.8) is 0 Å². The first-order valence-electron chi connectivity index (χ1n) is 5.50.